The maximum Gasteiger partial charge on any atom is 0.305 e. The number of aliphatic hydroxyl groups is 2. The quantitative estimate of drug-likeness (QED) is 0.0321. The van der Waals surface area contributed by atoms with E-state index in [2.05, 4.69) is 19.2 Å². The number of ether oxygens (including phenoxy) is 1. The molecule has 0 bridgehead atoms. The van der Waals surface area contributed by atoms with E-state index in [0.717, 1.165) is 38.5 Å². The summed E-state index contributed by atoms with van der Waals surface area (Å²) in [5, 5.41) is 23.1. The van der Waals surface area contributed by atoms with Crippen LogP contribution in [0.5, 0.6) is 0 Å². The Labute approximate surface area is 431 Å². The van der Waals surface area contributed by atoms with Crippen LogP contribution in [0.15, 0.2) is 12.2 Å². The number of allylic oxidation sites excluding steroid dienone is 1. The predicted octanol–water partition coefficient (Wildman–Crippen LogP) is 19.6. The van der Waals surface area contributed by atoms with Crippen LogP contribution >= 0.6 is 0 Å². The summed E-state index contributed by atoms with van der Waals surface area (Å²) in [6.45, 7) is 4.93. The van der Waals surface area contributed by atoms with Crippen molar-refractivity contribution in [3.63, 3.8) is 0 Å². The Morgan fingerprint density at radius 3 is 0.986 bits per heavy atom. The van der Waals surface area contributed by atoms with Crippen molar-refractivity contribution in [2.75, 3.05) is 13.2 Å². The Balaban J connectivity index is 3.38. The van der Waals surface area contributed by atoms with Crippen LogP contribution in [0.25, 0.3) is 0 Å². The second-order valence-electron chi connectivity index (χ2n) is 21.8. The highest BCUT2D eigenvalue weighted by Crippen LogP contribution is 2.18. The minimum Gasteiger partial charge on any atom is -0.466 e. The molecule has 0 saturated carbocycles. The molecule has 0 spiro atoms. The summed E-state index contributed by atoms with van der Waals surface area (Å²) in [7, 11) is 0. The van der Waals surface area contributed by atoms with Gasteiger partial charge in [-0.15, -0.1) is 0 Å². The molecule has 6 nitrogen and oxygen atoms in total. The van der Waals surface area contributed by atoms with Gasteiger partial charge in [0.1, 0.15) is 0 Å². The van der Waals surface area contributed by atoms with Gasteiger partial charge >= 0.3 is 5.97 Å². The monoisotopic (exact) mass is 974 g/mol. The Morgan fingerprint density at radius 2 is 0.667 bits per heavy atom. The molecule has 0 aromatic heterocycles. The van der Waals surface area contributed by atoms with Gasteiger partial charge in [0.2, 0.25) is 5.91 Å². The van der Waals surface area contributed by atoms with E-state index in [-0.39, 0.29) is 18.5 Å². The van der Waals surface area contributed by atoms with Gasteiger partial charge in [-0.2, -0.15) is 0 Å². The summed E-state index contributed by atoms with van der Waals surface area (Å²) in [5.74, 6) is -0.0528. The van der Waals surface area contributed by atoms with Crippen LogP contribution in [-0.4, -0.2) is 47.4 Å². The van der Waals surface area contributed by atoms with E-state index in [1.807, 2.05) is 6.08 Å². The number of aliphatic hydroxyl groups excluding tert-OH is 2. The van der Waals surface area contributed by atoms with E-state index in [0.29, 0.717) is 19.4 Å². The van der Waals surface area contributed by atoms with E-state index in [9.17, 15) is 19.8 Å². The lowest BCUT2D eigenvalue weighted by Gasteiger charge is -2.20. The summed E-state index contributed by atoms with van der Waals surface area (Å²) < 4.78 is 5.50. The molecule has 0 aliphatic heterocycles. The molecule has 6 heteroatoms. The second kappa shape index (κ2) is 59.2. The SMILES string of the molecule is CCCCCCCCCCCCCCC/C=C/C(O)C(CO)NC(=O)CCCCCCCCCCCCCCCCCCCCCCOC(=O)CCCCCCCCCCCCCCCCCCC. The van der Waals surface area contributed by atoms with Crippen molar-refractivity contribution in [3.8, 4) is 0 Å². The van der Waals surface area contributed by atoms with Crippen LogP contribution in [0.2, 0.25) is 0 Å². The van der Waals surface area contributed by atoms with Gasteiger partial charge in [0, 0.05) is 12.8 Å². The summed E-state index contributed by atoms with van der Waals surface area (Å²) >= 11 is 0. The summed E-state index contributed by atoms with van der Waals surface area (Å²) in [4.78, 5) is 24.6. The van der Waals surface area contributed by atoms with E-state index in [4.69, 9.17) is 4.74 Å². The van der Waals surface area contributed by atoms with Crippen molar-refractivity contribution >= 4 is 11.9 Å². The molecule has 0 saturated heterocycles. The molecule has 0 heterocycles. The second-order valence-corrected chi connectivity index (χ2v) is 21.8. The smallest absolute Gasteiger partial charge is 0.305 e. The first-order chi connectivity index (χ1) is 34.0. The van der Waals surface area contributed by atoms with Crippen molar-refractivity contribution in [2.24, 2.45) is 0 Å². The van der Waals surface area contributed by atoms with E-state index >= 15 is 0 Å². The molecule has 0 aromatic rings. The van der Waals surface area contributed by atoms with Gasteiger partial charge in [-0.05, 0) is 32.1 Å². The highest BCUT2D eigenvalue weighted by molar-refractivity contribution is 5.76. The molecular weight excluding hydrogens is 851 g/mol. The number of carbonyl (C=O) groups is 2. The number of unbranched alkanes of at least 4 members (excludes halogenated alkanes) is 48. The van der Waals surface area contributed by atoms with Crippen molar-refractivity contribution in [3.05, 3.63) is 12.2 Å². The molecule has 0 rings (SSSR count). The molecule has 2 atom stereocenters. The molecule has 1 amide bonds. The Bertz CT molecular complexity index is 1030. The number of esters is 1. The minimum absolute atomic E-state index is 0.0146. The number of rotatable bonds is 59. The third kappa shape index (κ3) is 55.8. The lowest BCUT2D eigenvalue weighted by Crippen LogP contribution is -2.45. The fourth-order valence-electron chi connectivity index (χ4n) is 9.99. The van der Waals surface area contributed by atoms with Gasteiger partial charge in [-0.3, -0.25) is 9.59 Å². The highest BCUT2D eigenvalue weighted by atomic mass is 16.5. The Morgan fingerprint density at radius 1 is 0.391 bits per heavy atom. The first-order valence-electron chi connectivity index (χ1n) is 31.5. The number of nitrogens with one attached hydrogen (secondary N) is 1. The lowest BCUT2D eigenvalue weighted by molar-refractivity contribution is -0.143. The topological polar surface area (TPSA) is 95.9 Å². The minimum atomic E-state index is -0.845. The maximum absolute atomic E-state index is 12.5. The van der Waals surface area contributed by atoms with Crippen LogP contribution in [-0.2, 0) is 14.3 Å². The zero-order valence-electron chi connectivity index (χ0n) is 46.8. The Kier molecular flexibility index (Phi) is 58.0. The van der Waals surface area contributed by atoms with Gasteiger partial charge in [-0.25, -0.2) is 0 Å². The highest BCUT2D eigenvalue weighted by Gasteiger charge is 2.18. The van der Waals surface area contributed by atoms with E-state index in [1.165, 1.54) is 289 Å². The molecule has 0 aromatic carbocycles. The summed E-state index contributed by atoms with van der Waals surface area (Å²) in [6.07, 6.45) is 71.1. The first kappa shape index (κ1) is 67.6. The van der Waals surface area contributed by atoms with Gasteiger partial charge in [0.15, 0.2) is 0 Å². The molecule has 0 aliphatic carbocycles. The molecule has 0 radical (unpaired) electrons. The van der Waals surface area contributed by atoms with Crippen LogP contribution in [0.1, 0.15) is 354 Å². The molecule has 69 heavy (non-hydrogen) atoms. The average molecular weight is 975 g/mol. The summed E-state index contributed by atoms with van der Waals surface area (Å²) in [6, 6.07) is -0.628. The van der Waals surface area contributed by atoms with E-state index < -0.39 is 12.1 Å². The average Bonchev–Trinajstić information content (AvgIpc) is 3.35. The number of hydrogen-bond donors (Lipinski definition) is 3. The largest absolute Gasteiger partial charge is 0.466 e. The van der Waals surface area contributed by atoms with Gasteiger partial charge in [0.05, 0.1) is 25.4 Å². The fraction of sp³-hybridized carbons (Fsp3) is 0.937. The van der Waals surface area contributed by atoms with Crippen molar-refractivity contribution in [1.82, 2.24) is 5.32 Å². The van der Waals surface area contributed by atoms with Crippen LogP contribution in [0.4, 0.5) is 0 Å². The Hall–Kier alpha value is -1.40. The first-order valence-corrected chi connectivity index (χ1v) is 31.5. The standard InChI is InChI=1S/C63H123NO5/c1-3-5-7-9-11-13-15-17-19-24-29-33-37-41-45-49-53-57-63(68)69-58-54-50-46-42-38-34-30-26-23-21-20-22-25-28-32-36-40-44-48-52-56-62(67)64-60(59-65)61(66)55-51-47-43-39-35-31-27-18-16-14-12-10-8-6-4-2/h51,55,60-61,65-66H,3-50,52-54,56-59H2,1-2H3,(H,64,67)/b55-51+. The number of amides is 1. The van der Waals surface area contributed by atoms with Crippen LogP contribution in [0.3, 0.4) is 0 Å². The van der Waals surface area contributed by atoms with Crippen LogP contribution in [0, 0.1) is 0 Å². The third-order valence-electron chi connectivity index (χ3n) is 14.8. The number of hydrogen-bond acceptors (Lipinski definition) is 5. The molecular formula is C63H123NO5. The summed E-state index contributed by atoms with van der Waals surface area (Å²) in [5.41, 5.74) is 0. The lowest BCUT2D eigenvalue weighted by atomic mass is 10.0. The molecule has 2 unspecified atom stereocenters. The van der Waals surface area contributed by atoms with Crippen molar-refractivity contribution in [2.45, 2.75) is 366 Å². The zero-order valence-corrected chi connectivity index (χ0v) is 46.8. The van der Waals surface area contributed by atoms with E-state index in [1.54, 1.807) is 6.08 Å². The number of carbonyl (C=O) groups excluding carboxylic acids is 2. The normalized spacial score (nSPS) is 12.6. The van der Waals surface area contributed by atoms with Crippen LogP contribution < -0.4 is 5.32 Å². The van der Waals surface area contributed by atoms with Crippen molar-refractivity contribution < 1.29 is 24.5 Å². The van der Waals surface area contributed by atoms with Gasteiger partial charge < -0.3 is 20.3 Å². The molecule has 3 N–H and O–H groups in total. The van der Waals surface area contributed by atoms with Gasteiger partial charge in [-0.1, -0.05) is 321 Å². The zero-order chi connectivity index (χ0) is 50.0. The fourth-order valence-corrected chi connectivity index (χ4v) is 9.99. The molecule has 0 aliphatic rings. The van der Waals surface area contributed by atoms with Gasteiger partial charge in [0.25, 0.3) is 0 Å². The van der Waals surface area contributed by atoms with Crippen molar-refractivity contribution in [1.29, 1.82) is 0 Å². The predicted molar refractivity (Wildman–Crippen MR) is 301 cm³/mol. The third-order valence-corrected chi connectivity index (χ3v) is 14.8. The molecule has 0 fully saturated rings. The maximum atomic E-state index is 12.5. The molecule has 410 valence electrons.